The SMILES string of the molecule is CCCCCCNCc1ccc(C(=O)OC)[nH]1. The number of aromatic nitrogens is 1. The first-order valence-electron chi connectivity index (χ1n) is 6.24. The second kappa shape index (κ2) is 7.90. The van der Waals surface area contributed by atoms with Crippen molar-refractivity contribution in [1.29, 1.82) is 0 Å². The molecule has 0 fully saturated rings. The van der Waals surface area contributed by atoms with Crippen molar-refractivity contribution in [1.82, 2.24) is 10.3 Å². The molecule has 0 aliphatic heterocycles. The summed E-state index contributed by atoms with van der Waals surface area (Å²) in [6, 6.07) is 3.66. The maximum absolute atomic E-state index is 11.2. The van der Waals surface area contributed by atoms with Gasteiger partial charge in [-0.2, -0.15) is 0 Å². The van der Waals surface area contributed by atoms with Gasteiger partial charge in [-0.05, 0) is 25.1 Å². The van der Waals surface area contributed by atoms with E-state index < -0.39 is 0 Å². The highest BCUT2D eigenvalue weighted by Gasteiger charge is 2.07. The first-order chi connectivity index (χ1) is 8.27. The van der Waals surface area contributed by atoms with Crippen molar-refractivity contribution in [2.24, 2.45) is 0 Å². The number of hydrogen-bond acceptors (Lipinski definition) is 3. The molecule has 0 spiro atoms. The molecule has 96 valence electrons. The van der Waals surface area contributed by atoms with Crippen LogP contribution in [0.3, 0.4) is 0 Å². The minimum absolute atomic E-state index is 0.320. The molecule has 4 heteroatoms. The highest BCUT2D eigenvalue weighted by atomic mass is 16.5. The van der Waals surface area contributed by atoms with E-state index in [1.54, 1.807) is 6.07 Å². The Bertz CT molecular complexity index is 334. The monoisotopic (exact) mass is 238 g/mol. The van der Waals surface area contributed by atoms with Crippen LogP contribution in [0.15, 0.2) is 12.1 Å². The van der Waals surface area contributed by atoms with E-state index in [1.807, 2.05) is 6.07 Å². The normalized spacial score (nSPS) is 10.5. The van der Waals surface area contributed by atoms with Crippen molar-refractivity contribution < 1.29 is 9.53 Å². The average Bonchev–Trinajstić information content (AvgIpc) is 2.81. The van der Waals surface area contributed by atoms with Gasteiger partial charge in [-0.1, -0.05) is 26.2 Å². The van der Waals surface area contributed by atoms with Gasteiger partial charge in [-0.25, -0.2) is 4.79 Å². The van der Waals surface area contributed by atoms with Crippen LogP contribution in [0.5, 0.6) is 0 Å². The summed E-state index contributed by atoms with van der Waals surface area (Å²) in [7, 11) is 1.38. The molecular formula is C13H22N2O2. The van der Waals surface area contributed by atoms with Crippen LogP contribution in [-0.2, 0) is 11.3 Å². The van der Waals surface area contributed by atoms with E-state index in [1.165, 1.54) is 32.8 Å². The fourth-order valence-corrected chi connectivity index (χ4v) is 1.67. The number of H-pyrrole nitrogens is 1. The number of nitrogens with one attached hydrogen (secondary N) is 2. The second-order valence-electron chi connectivity index (χ2n) is 4.13. The van der Waals surface area contributed by atoms with Crippen LogP contribution in [0.25, 0.3) is 0 Å². The van der Waals surface area contributed by atoms with Crippen molar-refractivity contribution in [2.45, 2.75) is 39.2 Å². The minimum atomic E-state index is -0.320. The molecule has 2 N–H and O–H groups in total. The van der Waals surface area contributed by atoms with E-state index in [0.717, 1.165) is 18.8 Å². The molecule has 4 nitrogen and oxygen atoms in total. The highest BCUT2D eigenvalue weighted by Crippen LogP contribution is 2.03. The van der Waals surface area contributed by atoms with Gasteiger partial charge in [0.1, 0.15) is 5.69 Å². The lowest BCUT2D eigenvalue weighted by molar-refractivity contribution is 0.0594. The van der Waals surface area contributed by atoms with Crippen molar-refractivity contribution in [3.05, 3.63) is 23.5 Å². The van der Waals surface area contributed by atoms with Gasteiger partial charge >= 0.3 is 5.97 Å². The molecule has 0 bridgehead atoms. The summed E-state index contributed by atoms with van der Waals surface area (Å²) in [4.78, 5) is 14.2. The van der Waals surface area contributed by atoms with Crippen LogP contribution in [-0.4, -0.2) is 24.6 Å². The molecule has 1 heterocycles. The largest absolute Gasteiger partial charge is 0.464 e. The van der Waals surface area contributed by atoms with Crippen molar-refractivity contribution in [2.75, 3.05) is 13.7 Å². The third-order valence-electron chi connectivity index (χ3n) is 2.67. The molecule has 0 atom stereocenters. The van der Waals surface area contributed by atoms with Gasteiger partial charge in [0.05, 0.1) is 7.11 Å². The van der Waals surface area contributed by atoms with E-state index >= 15 is 0 Å². The number of carbonyl (C=O) groups excluding carboxylic acids is 1. The zero-order valence-corrected chi connectivity index (χ0v) is 10.7. The molecule has 0 unspecified atom stereocenters. The van der Waals surface area contributed by atoms with Crippen molar-refractivity contribution in [3.8, 4) is 0 Å². The molecule has 0 aliphatic rings. The summed E-state index contributed by atoms with van der Waals surface area (Å²) in [5, 5.41) is 3.35. The number of esters is 1. The van der Waals surface area contributed by atoms with Crippen LogP contribution in [0.4, 0.5) is 0 Å². The summed E-state index contributed by atoms with van der Waals surface area (Å²) in [6.45, 7) is 4.00. The van der Waals surface area contributed by atoms with Gasteiger partial charge < -0.3 is 15.0 Å². The zero-order valence-electron chi connectivity index (χ0n) is 10.7. The fourth-order valence-electron chi connectivity index (χ4n) is 1.67. The van der Waals surface area contributed by atoms with Crippen molar-refractivity contribution in [3.63, 3.8) is 0 Å². The Morgan fingerprint density at radius 1 is 1.35 bits per heavy atom. The van der Waals surface area contributed by atoms with Crippen LogP contribution >= 0.6 is 0 Å². The quantitative estimate of drug-likeness (QED) is 0.540. The van der Waals surface area contributed by atoms with E-state index in [9.17, 15) is 4.79 Å². The predicted molar refractivity (Wildman–Crippen MR) is 68.0 cm³/mol. The molecule has 17 heavy (non-hydrogen) atoms. The first-order valence-corrected chi connectivity index (χ1v) is 6.24. The standard InChI is InChI=1S/C13H22N2O2/c1-3-4-5-6-9-14-10-11-7-8-12(15-11)13(16)17-2/h7-8,14-15H,3-6,9-10H2,1-2H3. The van der Waals surface area contributed by atoms with Gasteiger partial charge in [0, 0.05) is 12.2 Å². The number of methoxy groups -OCH3 is 1. The lowest BCUT2D eigenvalue weighted by Gasteiger charge is -2.02. The lowest BCUT2D eigenvalue weighted by atomic mass is 10.2. The Morgan fingerprint density at radius 2 is 2.18 bits per heavy atom. The number of unbranched alkanes of at least 4 members (excludes halogenated alkanes) is 3. The average molecular weight is 238 g/mol. The number of rotatable bonds is 8. The molecule has 0 amide bonds. The Morgan fingerprint density at radius 3 is 2.88 bits per heavy atom. The number of ether oxygens (including phenoxy) is 1. The Hall–Kier alpha value is -1.29. The van der Waals surface area contributed by atoms with E-state index in [2.05, 4.69) is 22.0 Å². The maximum atomic E-state index is 11.2. The smallest absolute Gasteiger partial charge is 0.354 e. The summed E-state index contributed by atoms with van der Waals surface area (Å²) >= 11 is 0. The van der Waals surface area contributed by atoms with E-state index in [0.29, 0.717) is 5.69 Å². The molecule has 1 aromatic heterocycles. The molecule has 0 saturated heterocycles. The molecule has 0 radical (unpaired) electrons. The topological polar surface area (TPSA) is 54.1 Å². The Kier molecular flexibility index (Phi) is 6.40. The van der Waals surface area contributed by atoms with Gasteiger partial charge in [-0.15, -0.1) is 0 Å². The molecule has 0 saturated carbocycles. The summed E-state index contributed by atoms with van der Waals surface area (Å²) in [6.07, 6.45) is 5.05. The van der Waals surface area contributed by atoms with Crippen molar-refractivity contribution >= 4 is 5.97 Å². The van der Waals surface area contributed by atoms with Gasteiger partial charge in [0.25, 0.3) is 0 Å². The maximum Gasteiger partial charge on any atom is 0.354 e. The van der Waals surface area contributed by atoms with Crippen LogP contribution < -0.4 is 5.32 Å². The van der Waals surface area contributed by atoms with E-state index in [4.69, 9.17) is 0 Å². The molecule has 1 aromatic rings. The fraction of sp³-hybridized carbons (Fsp3) is 0.615. The minimum Gasteiger partial charge on any atom is -0.464 e. The van der Waals surface area contributed by atoms with E-state index in [-0.39, 0.29) is 5.97 Å². The van der Waals surface area contributed by atoms with Gasteiger partial charge in [0.2, 0.25) is 0 Å². The molecule has 1 rings (SSSR count). The predicted octanol–water partition coefficient (Wildman–Crippen LogP) is 2.47. The van der Waals surface area contributed by atoms with Gasteiger partial charge in [0.15, 0.2) is 0 Å². The summed E-state index contributed by atoms with van der Waals surface area (Å²) in [5.74, 6) is -0.320. The van der Waals surface area contributed by atoms with Crippen LogP contribution in [0.2, 0.25) is 0 Å². The summed E-state index contributed by atoms with van der Waals surface area (Å²) in [5.41, 5.74) is 1.52. The number of carbonyl (C=O) groups is 1. The van der Waals surface area contributed by atoms with Gasteiger partial charge in [-0.3, -0.25) is 0 Å². The molecule has 0 aliphatic carbocycles. The first kappa shape index (κ1) is 13.8. The molecule has 0 aromatic carbocycles. The second-order valence-corrected chi connectivity index (χ2v) is 4.13. The third kappa shape index (κ3) is 5.04. The Balaban J connectivity index is 2.19. The lowest BCUT2D eigenvalue weighted by Crippen LogP contribution is -2.15. The number of aromatic amines is 1. The third-order valence-corrected chi connectivity index (χ3v) is 2.67. The summed E-state index contributed by atoms with van der Waals surface area (Å²) < 4.78 is 4.63. The Labute approximate surface area is 103 Å². The molecular weight excluding hydrogens is 216 g/mol. The van der Waals surface area contributed by atoms with Crippen LogP contribution in [0, 0.1) is 0 Å². The highest BCUT2D eigenvalue weighted by molar-refractivity contribution is 5.87. The van der Waals surface area contributed by atoms with Crippen LogP contribution in [0.1, 0.15) is 48.8 Å². The zero-order chi connectivity index (χ0) is 12.5. The number of hydrogen-bond donors (Lipinski definition) is 2.